The fourth-order valence-corrected chi connectivity index (χ4v) is 2.21. The van der Waals surface area contributed by atoms with E-state index in [-0.39, 0.29) is 18.2 Å². The van der Waals surface area contributed by atoms with Gasteiger partial charge in [0.15, 0.2) is 0 Å². The zero-order valence-electron chi connectivity index (χ0n) is 11.1. The van der Waals surface area contributed by atoms with Crippen LogP contribution in [0.5, 0.6) is 5.75 Å². The number of hydrogen-bond donors (Lipinski definition) is 0. The molecule has 104 valence electrons. The third-order valence-corrected chi connectivity index (χ3v) is 3.19. The van der Waals surface area contributed by atoms with E-state index >= 15 is 0 Å². The number of benzene rings is 2. The molecule has 2 aromatic carbocycles. The predicted molar refractivity (Wildman–Crippen MR) is 79.2 cm³/mol. The van der Waals surface area contributed by atoms with Crippen molar-refractivity contribution in [1.29, 1.82) is 0 Å². The lowest BCUT2D eigenvalue weighted by Crippen LogP contribution is -2.01. The molecule has 1 aromatic heterocycles. The Balaban J connectivity index is 1.89. The Kier molecular flexibility index (Phi) is 3.47. The molecular formula is C16H12N2O3. The molecule has 3 aromatic rings. The van der Waals surface area contributed by atoms with Crippen LogP contribution in [-0.2, 0) is 6.61 Å². The highest BCUT2D eigenvalue weighted by Crippen LogP contribution is 2.25. The molecule has 0 aliphatic heterocycles. The molecule has 1 heterocycles. The van der Waals surface area contributed by atoms with Crippen LogP contribution in [0.3, 0.4) is 0 Å². The van der Waals surface area contributed by atoms with Crippen LogP contribution in [0.2, 0.25) is 0 Å². The first-order chi connectivity index (χ1) is 10.3. The van der Waals surface area contributed by atoms with Crippen molar-refractivity contribution in [2.75, 3.05) is 0 Å². The Morgan fingerprint density at radius 1 is 1.05 bits per heavy atom. The van der Waals surface area contributed by atoms with Gasteiger partial charge in [0.05, 0.1) is 0 Å². The fraction of sp³-hybridized carbons (Fsp3) is 0.0625. The Labute approximate surface area is 121 Å². The molecule has 0 spiro atoms. The van der Waals surface area contributed by atoms with Crippen LogP contribution < -0.4 is 4.74 Å². The number of aromatic nitrogens is 1. The van der Waals surface area contributed by atoms with Gasteiger partial charge in [0, 0.05) is 0 Å². The fourth-order valence-electron chi connectivity index (χ4n) is 2.21. The van der Waals surface area contributed by atoms with Crippen LogP contribution in [0.25, 0.3) is 10.8 Å². The molecule has 0 saturated heterocycles. The quantitative estimate of drug-likeness (QED) is 0.539. The maximum absolute atomic E-state index is 10.9. The minimum atomic E-state index is -0.543. The summed E-state index contributed by atoms with van der Waals surface area (Å²) in [5.41, 5.74) is 0.978. The van der Waals surface area contributed by atoms with Crippen molar-refractivity contribution in [1.82, 2.24) is 4.98 Å². The van der Waals surface area contributed by atoms with Crippen molar-refractivity contribution in [3.63, 3.8) is 0 Å². The second kappa shape index (κ2) is 5.58. The van der Waals surface area contributed by atoms with Crippen LogP contribution in [0.15, 0.2) is 60.8 Å². The van der Waals surface area contributed by atoms with Crippen LogP contribution in [0.4, 0.5) is 5.82 Å². The number of nitrogens with zero attached hydrogens (tertiary/aromatic N) is 2. The summed E-state index contributed by atoms with van der Waals surface area (Å²) in [6.45, 7) is 0.258. The van der Waals surface area contributed by atoms with Crippen molar-refractivity contribution in [2.24, 2.45) is 0 Å². The molecule has 0 bridgehead atoms. The molecule has 0 aliphatic carbocycles. The van der Waals surface area contributed by atoms with Gasteiger partial charge < -0.3 is 14.9 Å². The summed E-state index contributed by atoms with van der Waals surface area (Å²) in [5, 5.41) is 13.1. The molecule has 0 radical (unpaired) electrons. The van der Waals surface area contributed by atoms with E-state index in [0.29, 0.717) is 0 Å². The van der Waals surface area contributed by atoms with Crippen LogP contribution in [0.1, 0.15) is 5.56 Å². The number of rotatable bonds is 4. The highest BCUT2D eigenvalue weighted by Gasteiger charge is 2.15. The van der Waals surface area contributed by atoms with Gasteiger partial charge in [-0.1, -0.05) is 42.5 Å². The summed E-state index contributed by atoms with van der Waals surface area (Å²) in [5.74, 6) is -0.0897. The number of ether oxygens (including phenoxy) is 1. The monoisotopic (exact) mass is 280 g/mol. The number of nitro groups is 1. The Hall–Kier alpha value is -2.95. The average molecular weight is 280 g/mol. The average Bonchev–Trinajstić information content (AvgIpc) is 2.53. The normalized spacial score (nSPS) is 10.5. The zero-order valence-corrected chi connectivity index (χ0v) is 11.1. The van der Waals surface area contributed by atoms with Gasteiger partial charge in [-0.25, -0.2) is 0 Å². The largest absolute Gasteiger partial charge is 0.481 e. The minimum Gasteiger partial charge on any atom is -0.481 e. The zero-order chi connectivity index (χ0) is 14.7. The molecule has 0 atom stereocenters. The molecule has 0 saturated carbocycles. The smallest absolute Gasteiger partial charge is 0.406 e. The minimum absolute atomic E-state index is 0.176. The highest BCUT2D eigenvalue weighted by atomic mass is 16.6. The maximum atomic E-state index is 10.9. The summed E-state index contributed by atoms with van der Waals surface area (Å²) in [7, 11) is 0. The van der Waals surface area contributed by atoms with Gasteiger partial charge in [-0.15, -0.1) is 0 Å². The second-order valence-electron chi connectivity index (χ2n) is 4.51. The Morgan fingerprint density at radius 2 is 1.86 bits per heavy atom. The predicted octanol–water partition coefficient (Wildman–Crippen LogP) is 3.72. The van der Waals surface area contributed by atoms with Gasteiger partial charge in [-0.3, -0.25) is 0 Å². The Morgan fingerprint density at radius 3 is 2.71 bits per heavy atom. The first-order valence-electron chi connectivity index (χ1n) is 6.44. The van der Waals surface area contributed by atoms with Crippen molar-refractivity contribution < 1.29 is 9.66 Å². The molecule has 0 fully saturated rings. The van der Waals surface area contributed by atoms with Crippen molar-refractivity contribution in [2.45, 2.75) is 6.61 Å². The number of pyridine rings is 1. The standard InChI is InChI=1S/C16H12N2O3/c19-18(20)16-15(9-4-10-17-16)21-11-13-7-3-6-12-5-1-2-8-14(12)13/h1-10H,11H2. The van der Waals surface area contributed by atoms with Gasteiger partial charge in [0.1, 0.15) is 12.8 Å². The lowest BCUT2D eigenvalue weighted by molar-refractivity contribution is -0.390. The van der Waals surface area contributed by atoms with E-state index < -0.39 is 4.92 Å². The van der Waals surface area contributed by atoms with Gasteiger partial charge in [0.2, 0.25) is 5.75 Å². The third-order valence-electron chi connectivity index (χ3n) is 3.19. The first kappa shape index (κ1) is 13.1. The summed E-state index contributed by atoms with van der Waals surface area (Å²) >= 11 is 0. The lowest BCUT2D eigenvalue weighted by atomic mass is 10.1. The summed E-state index contributed by atoms with van der Waals surface area (Å²) < 4.78 is 5.59. The second-order valence-corrected chi connectivity index (χ2v) is 4.51. The van der Waals surface area contributed by atoms with Crippen LogP contribution >= 0.6 is 0 Å². The summed E-state index contributed by atoms with van der Waals surface area (Å²) in [6, 6.07) is 17.0. The van der Waals surface area contributed by atoms with Gasteiger partial charge in [0.25, 0.3) is 0 Å². The van der Waals surface area contributed by atoms with Crippen molar-refractivity contribution >= 4 is 16.6 Å². The van der Waals surface area contributed by atoms with E-state index in [1.54, 1.807) is 12.1 Å². The number of fused-ring (bicyclic) bond motifs is 1. The summed E-state index contributed by atoms with van der Waals surface area (Å²) in [4.78, 5) is 14.1. The molecule has 0 unspecified atom stereocenters. The van der Waals surface area contributed by atoms with Crippen molar-refractivity contribution in [3.8, 4) is 5.75 Å². The third kappa shape index (κ3) is 2.67. The molecule has 0 amide bonds. The van der Waals surface area contributed by atoms with Gasteiger partial charge in [-0.2, -0.15) is 0 Å². The maximum Gasteiger partial charge on any atom is 0.406 e. The van der Waals surface area contributed by atoms with E-state index in [0.717, 1.165) is 16.3 Å². The van der Waals surface area contributed by atoms with Crippen LogP contribution in [0, 0.1) is 10.1 Å². The number of hydrogen-bond acceptors (Lipinski definition) is 4. The van der Waals surface area contributed by atoms with E-state index in [1.165, 1.54) is 6.20 Å². The molecule has 5 nitrogen and oxygen atoms in total. The lowest BCUT2D eigenvalue weighted by Gasteiger charge is -2.08. The topological polar surface area (TPSA) is 65.3 Å². The van der Waals surface area contributed by atoms with Crippen molar-refractivity contribution in [3.05, 3.63) is 76.5 Å². The molecule has 5 heteroatoms. The van der Waals surface area contributed by atoms with E-state index in [2.05, 4.69) is 4.98 Å². The van der Waals surface area contributed by atoms with Gasteiger partial charge >= 0.3 is 5.82 Å². The molecular weight excluding hydrogens is 268 g/mol. The van der Waals surface area contributed by atoms with Crippen LogP contribution in [-0.4, -0.2) is 9.91 Å². The highest BCUT2D eigenvalue weighted by molar-refractivity contribution is 5.85. The SMILES string of the molecule is O=[N+]([O-])c1ncccc1OCc1cccc2ccccc12. The Bertz CT molecular complexity index is 797. The first-order valence-corrected chi connectivity index (χ1v) is 6.44. The van der Waals surface area contributed by atoms with E-state index in [9.17, 15) is 10.1 Å². The summed E-state index contributed by atoms with van der Waals surface area (Å²) in [6.07, 6.45) is 1.38. The molecule has 0 aliphatic rings. The molecule has 0 N–H and O–H groups in total. The molecule has 21 heavy (non-hydrogen) atoms. The molecule has 3 rings (SSSR count). The van der Waals surface area contributed by atoms with Gasteiger partial charge in [-0.05, 0) is 38.4 Å². The van der Waals surface area contributed by atoms with E-state index in [1.807, 2.05) is 42.5 Å². The van der Waals surface area contributed by atoms with E-state index in [4.69, 9.17) is 4.74 Å².